The topological polar surface area (TPSA) is 51.0 Å². The highest BCUT2D eigenvalue weighted by molar-refractivity contribution is 7.99. The van der Waals surface area contributed by atoms with E-state index in [0.717, 1.165) is 18.8 Å². The van der Waals surface area contributed by atoms with E-state index in [2.05, 4.69) is 29.3 Å². The van der Waals surface area contributed by atoms with Crippen LogP contribution in [0.3, 0.4) is 0 Å². The van der Waals surface area contributed by atoms with Crippen LogP contribution in [0.15, 0.2) is 4.52 Å². The molecule has 0 bridgehead atoms. The van der Waals surface area contributed by atoms with Crippen molar-refractivity contribution in [1.82, 2.24) is 15.5 Å². The third kappa shape index (κ3) is 4.00. The Morgan fingerprint density at radius 1 is 1.53 bits per heavy atom. The van der Waals surface area contributed by atoms with E-state index in [0.29, 0.717) is 17.3 Å². The second kappa shape index (κ2) is 5.40. The van der Waals surface area contributed by atoms with Crippen molar-refractivity contribution >= 4 is 11.8 Å². The van der Waals surface area contributed by atoms with Crippen LogP contribution in [-0.2, 0) is 6.42 Å². The largest absolute Gasteiger partial charge is 0.340 e. The van der Waals surface area contributed by atoms with Gasteiger partial charge in [0.2, 0.25) is 5.89 Å². The fraction of sp³-hybridized carbons (Fsp3) is 0.833. The molecular weight excluding hydrogens is 234 g/mol. The second-order valence-electron chi connectivity index (χ2n) is 5.51. The van der Waals surface area contributed by atoms with Crippen molar-refractivity contribution in [3.05, 3.63) is 11.7 Å². The van der Waals surface area contributed by atoms with Crippen LogP contribution in [0, 0.1) is 12.3 Å². The molecule has 0 radical (unpaired) electrons. The molecule has 0 aromatic carbocycles. The monoisotopic (exact) mass is 255 g/mol. The maximum Gasteiger partial charge on any atom is 0.223 e. The van der Waals surface area contributed by atoms with Crippen LogP contribution in [0.2, 0.25) is 0 Å². The van der Waals surface area contributed by atoms with Gasteiger partial charge in [-0.1, -0.05) is 19.0 Å². The molecule has 96 valence electrons. The number of thioether (sulfide) groups is 1. The summed E-state index contributed by atoms with van der Waals surface area (Å²) in [5.41, 5.74) is 0.462. The van der Waals surface area contributed by atoms with Gasteiger partial charge in [0, 0.05) is 31.7 Å². The molecule has 1 aromatic rings. The number of nitrogens with zero attached hydrogens (tertiary/aromatic N) is 2. The van der Waals surface area contributed by atoms with E-state index in [4.69, 9.17) is 4.52 Å². The van der Waals surface area contributed by atoms with Crippen LogP contribution in [0.5, 0.6) is 0 Å². The van der Waals surface area contributed by atoms with Crippen LogP contribution in [-0.4, -0.2) is 34.2 Å². The summed E-state index contributed by atoms with van der Waals surface area (Å²) in [4.78, 5) is 4.20. The Balaban J connectivity index is 1.71. The third-order valence-electron chi connectivity index (χ3n) is 2.96. The minimum atomic E-state index is 0.462. The Bertz CT molecular complexity index is 364. The van der Waals surface area contributed by atoms with Crippen LogP contribution < -0.4 is 5.32 Å². The molecule has 1 aliphatic rings. The highest BCUT2D eigenvalue weighted by Crippen LogP contribution is 2.33. The van der Waals surface area contributed by atoms with Gasteiger partial charge in [0.15, 0.2) is 5.82 Å². The van der Waals surface area contributed by atoms with Crippen molar-refractivity contribution in [1.29, 1.82) is 0 Å². The predicted octanol–water partition coefficient (Wildman–Crippen LogP) is 2.04. The first-order valence-electron chi connectivity index (χ1n) is 6.15. The molecular formula is C12H21N3OS. The average molecular weight is 255 g/mol. The van der Waals surface area contributed by atoms with E-state index in [1.54, 1.807) is 0 Å². The molecule has 1 unspecified atom stereocenters. The highest BCUT2D eigenvalue weighted by atomic mass is 32.2. The summed E-state index contributed by atoms with van der Waals surface area (Å²) >= 11 is 2.05. The summed E-state index contributed by atoms with van der Waals surface area (Å²) in [7, 11) is 0. The number of hydrogen-bond donors (Lipinski definition) is 1. The van der Waals surface area contributed by atoms with E-state index in [-0.39, 0.29) is 0 Å². The molecule has 0 aliphatic carbocycles. The predicted molar refractivity (Wildman–Crippen MR) is 70.3 cm³/mol. The Morgan fingerprint density at radius 3 is 3.00 bits per heavy atom. The van der Waals surface area contributed by atoms with Crippen molar-refractivity contribution in [3.63, 3.8) is 0 Å². The number of aryl methyl sites for hydroxylation is 1. The van der Waals surface area contributed by atoms with Gasteiger partial charge < -0.3 is 9.84 Å². The van der Waals surface area contributed by atoms with E-state index in [1.807, 2.05) is 18.7 Å². The van der Waals surface area contributed by atoms with Gasteiger partial charge in [-0.25, -0.2) is 0 Å². The zero-order chi connectivity index (χ0) is 12.3. The van der Waals surface area contributed by atoms with Gasteiger partial charge in [0.25, 0.3) is 0 Å². The molecule has 1 atom stereocenters. The Kier molecular flexibility index (Phi) is 4.09. The molecule has 4 nitrogen and oxygen atoms in total. The molecule has 0 saturated carbocycles. The molecule has 2 rings (SSSR count). The first-order valence-corrected chi connectivity index (χ1v) is 7.31. The summed E-state index contributed by atoms with van der Waals surface area (Å²) in [5, 5.41) is 7.49. The highest BCUT2D eigenvalue weighted by Gasteiger charge is 2.27. The Labute approximate surface area is 107 Å². The lowest BCUT2D eigenvalue weighted by Crippen LogP contribution is -2.41. The van der Waals surface area contributed by atoms with Crippen molar-refractivity contribution in [3.8, 4) is 0 Å². The van der Waals surface area contributed by atoms with Gasteiger partial charge in [-0.3, -0.25) is 0 Å². The summed E-state index contributed by atoms with van der Waals surface area (Å²) in [6.07, 6.45) is 2.10. The summed E-state index contributed by atoms with van der Waals surface area (Å²) in [6.45, 7) is 7.44. The van der Waals surface area contributed by atoms with Crippen LogP contribution in [0.1, 0.15) is 32.0 Å². The Morgan fingerprint density at radius 2 is 2.35 bits per heavy atom. The van der Waals surface area contributed by atoms with Gasteiger partial charge in [-0.15, -0.1) is 0 Å². The second-order valence-corrected chi connectivity index (χ2v) is 6.54. The number of hydrogen-bond acceptors (Lipinski definition) is 5. The fourth-order valence-corrected chi connectivity index (χ4v) is 3.53. The number of nitrogens with one attached hydrogen (secondary N) is 1. The SMILES string of the molecule is Cc1nc(CCNC2CSCC(C)(C)C2)no1. The standard InChI is InChI=1S/C12H21N3OS/c1-9-14-11(15-16-9)4-5-13-10-6-12(2,3)8-17-7-10/h10,13H,4-8H2,1-3H3. The van der Waals surface area contributed by atoms with E-state index < -0.39 is 0 Å². The van der Waals surface area contributed by atoms with Crippen LogP contribution >= 0.6 is 11.8 Å². The molecule has 1 aromatic heterocycles. The van der Waals surface area contributed by atoms with Gasteiger partial charge in [-0.2, -0.15) is 16.7 Å². The molecule has 1 aliphatic heterocycles. The van der Waals surface area contributed by atoms with Crippen molar-refractivity contribution in [2.24, 2.45) is 5.41 Å². The van der Waals surface area contributed by atoms with Gasteiger partial charge >= 0.3 is 0 Å². The minimum absolute atomic E-state index is 0.462. The normalized spacial score (nSPS) is 23.8. The summed E-state index contributed by atoms with van der Waals surface area (Å²) < 4.78 is 4.95. The number of rotatable bonds is 4. The average Bonchev–Trinajstić information content (AvgIpc) is 2.63. The zero-order valence-electron chi connectivity index (χ0n) is 10.8. The zero-order valence-corrected chi connectivity index (χ0v) is 11.6. The molecule has 0 amide bonds. The van der Waals surface area contributed by atoms with Crippen molar-refractivity contribution in [2.75, 3.05) is 18.1 Å². The lowest BCUT2D eigenvalue weighted by molar-refractivity contribution is 0.318. The summed E-state index contributed by atoms with van der Waals surface area (Å²) in [6, 6.07) is 0.622. The third-order valence-corrected chi connectivity index (χ3v) is 4.59. The quantitative estimate of drug-likeness (QED) is 0.892. The maximum atomic E-state index is 4.95. The van der Waals surface area contributed by atoms with Gasteiger partial charge in [0.1, 0.15) is 0 Å². The van der Waals surface area contributed by atoms with Gasteiger partial charge in [-0.05, 0) is 17.6 Å². The minimum Gasteiger partial charge on any atom is -0.340 e. The first-order chi connectivity index (χ1) is 8.05. The molecule has 5 heteroatoms. The molecule has 2 heterocycles. The molecule has 1 fully saturated rings. The lowest BCUT2D eigenvalue weighted by Gasteiger charge is -2.35. The molecule has 1 N–H and O–H groups in total. The first kappa shape index (κ1) is 12.9. The Hall–Kier alpha value is -0.550. The lowest BCUT2D eigenvalue weighted by atomic mass is 9.88. The van der Waals surface area contributed by atoms with E-state index >= 15 is 0 Å². The number of aromatic nitrogens is 2. The van der Waals surface area contributed by atoms with E-state index in [9.17, 15) is 0 Å². The molecule has 1 saturated heterocycles. The summed E-state index contributed by atoms with van der Waals surface area (Å²) in [5.74, 6) is 3.94. The van der Waals surface area contributed by atoms with E-state index in [1.165, 1.54) is 17.9 Å². The fourth-order valence-electron chi connectivity index (χ4n) is 2.22. The van der Waals surface area contributed by atoms with Crippen LogP contribution in [0.4, 0.5) is 0 Å². The van der Waals surface area contributed by atoms with Crippen LogP contribution in [0.25, 0.3) is 0 Å². The maximum absolute atomic E-state index is 4.95. The van der Waals surface area contributed by atoms with Gasteiger partial charge in [0.05, 0.1) is 0 Å². The molecule has 0 spiro atoms. The van der Waals surface area contributed by atoms with Crippen molar-refractivity contribution in [2.45, 2.75) is 39.7 Å². The smallest absolute Gasteiger partial charge is 0.223 e. The van der Waals surface area contributed by atoms with Crippen molar-refractivity contribution < 1.29 is 4.52 Å². The molecule has 17 heavy (non-hydrogen) atoms.